The van der Waals surface area contributed by atoms with Gasteiger partial charge in [0.1, 0.15) is 12.7 Å². The number of allylic oxidation sites excluding steroid dienone is 2. The molecule has 1 heterocycles. The molecule has 1 N–H and O–H groups in total. The van der Waals surface area contributed by atoms with E-state index in [2.05, 4.69) is 23.7 Å². The monoisotopic (exact) mass is 274 g/mol. The number of carbonyl (C=O) groups is 1. The second kappa shape index (κ2) is 8.16. The molecule has 0 aliphatic rings. The summed E-state index contributed by atoms with van der Waals surface area (Å²) in [6.45, 7) is 3.16. The number of rotatable bonds is 3. The smallest absolute Gasteiger partial charge is 0.302 e. The van der Waals surface area contributed by atoms with Crippen molar-refractivity contribution in [1.82, 2.24) is 0 Å². The van der Waals surface area contributed by atoms with Crippen LogP contribution in [0.1, 0.15) is 29.7 Å². The van der Waals surface area contributed by atoms with Gasteiger partial charge in [0.2, 0.25) is 0 Å². The summed E-state index contributed by atoms with van der Waals surface area (Å²) in [6.07, 6.45) is 2.75. The van der Waals surface area contributed by atoms with Gasteiger partial charge >= 0.3 is 5.97 Å². The largest absolute Gasteiger partial charge is 0.463 e. The maximum absolute atomic E-state index is 10.6. The van der Waals surface area contributed by atoms with Crippen molar-refractivity contribution in [1.29, 1.82) is 0 Å². The van der Waals surface area contributed by atoms with Crippen LogP contribution in [-0.4, -0.2) is 17.7 Å². The summed E-state index contributed by atoms with van der Waals surface area (Å²) in [5, 5.41) is 9.77. The summed E-state index contributed by atoms with van der Waals surface area (Å²) in [5.74, 6) is 10.6. The number of aliphatic hydroxyl groups is 1. The SMILES string of the molecule is C/C=C/C#CC#Cc1ccc([C@@H](O)COC(C)=O)s1. The van der Waals surface area contributed by atoms with Gasteiger partial charge in [0.25, 0.3) is 0 Å². The number of aliphatic hydroxyl groups excluding tert-OH is 1. The molecule has 0 unspecified atom stereocenters. The number of thiophene rings is 1. The zero-order valence-electron chi connectivity index (χ0n) is 10.8. The van der Waals surface area contributed by atoms with Gasteiger partial charge in [-0.1, -0.05) is 12.0 Å². The Balaban J connectivity index is 2.62. The lowest BCUT2D eigenvalue weighted by molar-refractivity contribution is -0.143. The Kier molecular flexibility index (Phi) is 6.46. The Morgan fingerprint density at radius 2 is 2.32 bits per heavy atom. The fourth-order valence-electron chi connectivity index (χ4n) is 1.13. The van der Waals surface area contributed by atoms with Gasteiger partial charge in [0, 0.05) is 11.8 Å². The third kappa shape index (κ3) is 5.92. The second-order valence-electron chi connectivity index (χ2n) is 3.54. The van der Waals surface area contributed by atoms with Crippen LogP contribution in [0.5, 0.6) is 0 Å². The summed E-state index contributed by atoms with van der Waals surface area (Å²) >= 11 is 1.36. The van der Waals surface area contributed by atoms with Crippen LogP contribution in [0.25, 0.3) is 0 Å². The van der Waals surface area contributed by atoms with Crippen molar-refractivity contribution in [3.63, 3.8) is 0 Å². The first-order valence-corrected chi connectivity index (χ1v) is 6.49. The fourth-order valence-corrected chi connectivity index (χ4v) is 1.96. The minimum Gasteiger partial charge on any atom is -0.463 e. The molecule has 0 spiro atoms. The maximum atomic E-state index is 10.6. The molecule has 0 bridgehead atoms. The highest BCUT2D eigenvalue weighted by molar-refractivity contribution is 7.12. The van der Waals surface area contributed by atoms with Gasteiger partial charge in [0.15, 0.2) is 0 Å². The standard InChI is InChI=1S/C15H14O3S/c1-3-4-5-6-7-8-13-9-10-15(19-13)14(17)11-18-12(2)16/h3-4,9-10,14,17H,11H2,1-2H3/b4-3+/t14-/m0/s1. The quantitative estimate of drug-likeness (QED) is 0.679. The molecule has 1 rings (SSSR count). The lowest BCUT2D eigenvalue weighted by Gasteiger charge is -2.07. The molecule has 1 atom stereocenters. The summed E-state index contributed by atoms with van der Waals surface area (Å²) in [4.78, 5) is 12.2. The Bertz CT molecular complexity index is 576. The molecule has 0 aliphatic heterocycles. The van der Waals surface area contributed by atoms with E-state index >= 15 is 0 Å². The zero-order valence-corrected chi connectivity index (χ0v) is 11.6. The van der Waals surface area contributed by atoms with Gasteiger partial charge < -0.3 is 9.84 Å². The van der Waals surface area contributed by atoms with Crippen LogP contribution in [0.15, 0.2) is 24.3 Å². The van der Waals surface area contributed by atoms with E-state index in [-0.39, 0.29) is 6.61 Å². The number of ether oxygens (including phenoxy) is 1. The van der Waals surface area contributed by atoms with Crippen molar-refractivity contribution in [2.45, 2.75) is 20.0 Å². The van der Waals surface area contributed by atoms with Crippen molar-refractivity contribution in [2.24, 2.45) is 0 Å². The zero-order chi connectivity index (χ0) is 14.1. The molecular weight excluding hydrogens is 260 g/mol. The molecule has 0 saturated carbocycles. The minimum atomic E-state index is -0.807. The van der Waals surface area contributed by atoms with Gasteiger partial charge in [-0.05, 0) is 42.9 Å². The molecule has 1 aromatic rings. The Morgan fingerprint density at radius 3 is 3.00 bits per heavy atom. The van der Waals surface area contributed by atoms with Crippen LogP contribution in [0.2, 0.25) is 0 Å². The molecule has 0 aromatic carbocycles. The van der Waals surface area contributed by atoms with E-state index in [4.69, 9.17) is 4.74 Å². The van der Waals surface area contributed by atoms with E-state index in [1.165, 1.54) is 18.3 Å². The van der Waals surface area contributed by atoms with Crippen LogP contribution in [0.4, 0.5) is 0 Å². The van der Waals surface area contributed by atoms with E-state index in [9.17, 15) is 9.90 Å². The van der Waals surface area contributed by atoms with E-state index in [1.807, 2.05) is 13.0 Å². The van der Waals surface area contributed by atoms with Crippen LogP contribution in [0, 0.1) is 23.7 Å². The average molecular weight is 274 g/mol. The molecule has 0 amide bonds. The molecule has 0 saturated heterocycles. The summed E-state index contributed by atoms with van der Waals surface area (Å²) < 4.78 is 4.74. The first-order chi connectivity index (χ1) is 9.13. The predicted octanol–water partition coefficient (Wildman–Crippen LogP) is 2.28. The van der Waals surface area contributed by atoms with Crippen molar-refractivity contribution < 1.29 is 14.6 Å². The fraction of sp³-hybridized carbons (Fsp3) is 0.267. The molecule has 0 fully saturated rings. The van der Waals surface area contributed by atoms with Crippen LogP contribution in [-0.2, 0) is 9.53 Å². The van der Waals surface area contributed by atoms with Crippen LogP contribution < -0.4 is 0 Å². The Hall–Kier alpha value is -2.01. The third-order valence-electron chi connectivity index (χ3n) is 1.97. The third-order valence-corrected chi connectivity index (χ3v) is 3.07. The second-order valence-corrected chi connectivity index (χ2v) is 4.66. The lowest BCUT2D eigenvalue weighted by Crippen LogP contribution is -2.08. The molecule has 0 aliphatic carbocycles. The topological polar surface area (TPSA) is 46.5 Å². The van der Waals surface area contributed by atoms with E-state index in [0.717, 1.165) is 4.88 Å². The van der Waals surface area contributed by atoms with Crippen molar-refractivity contribution >= 4 is 17.3 Å². The van der Waals surface area contributed by atoms with Gasteiger partial charge in [-0.3, -0.25) is 4.79 Å². The van der Waals surface area contributed by atoms with E-state index < -0.39 is 12.1 Å². The van der Waals surface area contributed by atoms with Crippen molar-refractivity contribution in [3.05, 3.63) is 34.0 Å². The molecule has 0 radical (unpaired) electrons. The molecule has 98 valence electrons. The summed E-state index contributed by atoms with van der Waals surface area (Å²) in [7, 11) is 0. The van der Waals surface area contributed by atoms with Crippen molar-refractivity contribution in [3.8, 4) is 23.7 Å². The predicted molar refractivity (Wildman–Crippen MR) is 75.4 cm³/mol. The molecule has 1 aromatic heterocycles. The maximum Gasteiger partial charge on any atom is 0.302 e. The van der Waals surface area contributed by atoms with Crippen LogP contribution in [0.3, 0.4) is 0 Å². The highest BCUT2D eigenvalue weighted by Gasteiger charge is 2.11. The Morgan fingerprint density at radius 1 is 1.53 bits per heavy atom. The highest BCUT2D eigenvalue weighted by atomic mass is 32.1. The van der Waals surface area contributed by atoms with Crippen molar-refractivity contribution in [2.75, 3.05) is 6.61 Å². The normalized spacial score (nSPS) is 11.1. The highest BCUT2D eigenvalue weighted by Crippen LogP contribution is 2.22. The molecular formula is C15H14O3S. The van der Waals surface area contributed by atoms with E-state index in [1.54, 1.807) is 18.2 Å². The van der Waals surface area contributed by atoms with Gasteiger partial charge in [-0.15, -0.1) is 11.3 Å². The minimum absolute atomic E-state index is 0.0379. The summed E-state index contributed by atoms with van der Waals surface area (Å²) in [5.41, 5.74) is 0. The number of hydrogen-bond acceptors (Lipinski definition) is 4. The average Bonchev–Trinajstić information content (AvgIpc) is 2.84. The first kappa shape index (κ1) is 15.0. The van der Waals surface area contributed by atoms with Crippen LogP contribution >= 0.6 is 11.3 Å². The van der Waals surface area contributed by atoms with E-state index in [0.29, 0.717) is 4.88 Å². The lowest BCUT2D eigenvalue weighted by atomic mass is 10.3. The summed E-state index contributed by atoms with van der Waals surface area (Å²) in [6, 6.07) is 3.57. The molecule has 3 nitrogen and oxygen atoms in total. The van der Waals surface area contributed by atoms with Gasteiger partial charge in [0.05, 0.1) is 4.88 Å². The molecule has 19 heavy (non-hydrogen) atoms. The first-order valence-electron chi connectivity index (χ1n) is 5.67. The molecule has 4 heteroatoms. The number of carbonyl (C=O) groups excluding carboxylic acids is 1. The van der Waals surface area contributed by atoms with Gasteiger partial charge in [-0.2, -0.15) is 0 Å². The number of hydrogen-bond donors (Lipinski definition) is 1. The van der Waals surface area contributed by atoms with Gasteiger partial charge in [-0.25, -0.2) is 0 Å². The number of esters is 1. The Labute approximate surface area is 116 Å².